The molecule has 0 spiro atoms. The zero-order chi connectivity index (χ0) is 20.6. The number of ether oxygens (including phenoxy) is 2. The fourth-order valence-corrected chi connectivity index (χ4v) is 2.28. The average molecular weight is 410 g/mol. The van der Waals surface area contributed by atoms with Crippen LogP contribution >= 0.6 is 12.2 Å². The van der Waals surface area contributed by atoms with Crippen LogP contribution in [0.5, 0.6) is 0 Å². The molecule has 0 aliphatic carbocycles. The number of rotatable bonds is 11. The molecule has 8 nitrogen and oxygen atoms in total. The minimum Gasteiger partial charge on any atom is -0.466 e. The van der Waals surface area contributed by atoms with Crippen LogP contribution < -0.4 is 16.2 Å². The van der Waals surface area contributed by atoms with Crippen LogP contribution in [0, 0.1) is 0 Å². The van der Waals surface area contributed by atoms with Crippen molar-refractivity contribution in [2.45, 2.75) is 39.0 Å². The van der Waals surface area contributed by atoms with Crippen LogP contribution in [0.2, 0.25) is 0 Å². The summed E-state index contributed by atoms with van der Waals surface area (Å²) in [7, 11) is 0. The number of aryl methyl sites for hydroxylation is 1. The Morgan fingerprint density at radius 3 is 2.43 bits per heavy atom. The molecule has 1 aromatic rings. The smallest absolute Gasteiger partial charge is 0.306 e. The number of thiocarbonyl (C=S) groups is 1. The van der Waals surface area contributed by atoms with Gasteiger partial charge in [-0.1, -0.05) is 30.3 Å². The van der Waals surface area contributed by atoms with Crippen molar-refractivity contribution < 1.29 is 23.9 Å². The van der Waals surface area contributed by atoms with E-state index in [4.69, 9.17) is 21.7 Å². The summed E-state index contributed by atoms with van der Waals surface area (Å²) in [6.45, 7) is 2.98. The summed E-state index contributed by atoms with van der Waals surface area (Å²) in [6.07, 6.45) is 1.62. The van der Waals surface area contributed by atoms with Crippen LogP contribution in [0.3, 0.4) is 0 Å². The second kappa shape index (κ2) is 14.5. The Hall–Kier alpha value is -2.52. The van der Waals surface area contributed by atoms with E-state index < -0.39 is 11.9 Å². The van der Waals surface area contributed by atoms with Crippen LogP contribution in [0.15, 0.2) is 30.3 Å². The fraction of sp³-hybridized carbons (Fsp3) is 0.474. The van der Waals surface area contributed by atoms with Gasteiger partial charge in [0, 0.05) is 13.0 Å². The highest BCUT2D eigenvalue weighted by Gasteiger charge is 2.10. The predicted molar refractivity (Wildman–Crippen MR) is 108 cm³/mol. The van der Waals surface area contributed by atoms with Crippen molar-refractivity contribution in [2.75, 3.05) is 19.8 Å². The Morgan fingerprint density at radius 2 is 1.71 bits per heavy atom. The molecule has 0 heterocycles. The number of amides is 2. The first-order chi connectivity index (χ1) is 13.5. The molecule has 0 unspecified atom stereocenters. The molecule has 1 rings (SSSR count). The van der Waals surface area contributed by atoms with E-state index in [0.29, 0.717) is 19.8 Å². The van der Waals surface area contributed by atoms with Gasteiger partial charge in [0.1, 0.15) is 0 Å². The number of hydrogen-bond donors (Lipinski definition) is 3. The van der Waals surface area contributed by atoms with Gasteiger partial charge >= 0.3 is 5.97 Å². The van der Waals surface area contributed by atoms with Gasteiger partial charge in [0.05, 0.1) is 26.1 Å². The molecule has 0 fully saturated rings. The molecular formula is C19H27N3O5S. The largest absolute Gasteiger partial charge is 0.466 e. The first kappa shape index (κ1) is 23.5. The van der Waals surface area contributed by atoms with E-state index in [1.807, 2.05) is 37.3 Å². The molecule has 3 N–H and O–H groups in total. The third kappa shape index (κ3) is 12.0. The van der Waals surface area contributed by atoms with Crippen molar-refractivity contribution in [1.82, 2.24) is 16.2 Å². The summed E-state index contributed by atoms with van der Waals surface area (Å²) in [5, 5.41) is 2.32. The number of hydrazine groups is 1. The molecule has 0 radical (unpaired) electrons. The van der Waals surface area contributed by atoms with E-state index in [1.165, 1.54) is 5.56 Å². The number of carbonyl (C=O) groups is 3. The molecule has 28 heavy (non-hydrogen) atoms. The van der Waals surface area contributed by atoms with Crippen molar-refractivity contribution >= 4 is 35.1 Å². The Balaban J connectivity index is 2.07. The van der Waals surface area contributed by atoms with Gasteiger partial charge in [0.2, 0.25) is 11.8 Å². The van der Waals surface area contributed by atoms with Gasteiger partial charge < -0.3 is 14.8 Å². The second-order valence-electron chi connectivity index (χ2n) is 5.81. The van der Waals surface area contributed by atoms with Gasteiger partial charge in [-0.15, -0.1) is 0 Å². The summed E-state index contributed by atoms with van der Waals surface area (Å²) in [5.74, 6) is -1.20. The number of esters is 1. The summed E-state index contributed by atoms with van der Waals surface area (Å²) in [5.41, 5.74) is 5.94. The van der Waals surface area contributed by atoms with Crippen LogP contribution in [-0.2, 0) is 30.3 Å². The standard InChI is InChI=1S/C19H27N3O5S/c1-2-26-14-12-17(24)21-22-19(28)20-16(23)10-11-18(25)27-13-6-9-15-7-4-3-5-8-15/h3-5,7-8H,2,6,9-14H2,1H3,(H,21,24)(H2,20,22,23,28). The van der Waals surface area contributed by atoms with Crippen molar-refractivity contribution in [3.05, 3.63) is 35.9 Å². The Bertz CT molecular complexity index is 640. The lowest BCUT2D eigenvalue weighted by atomic mass is 10.1. The highest BCUT2D eigenvalue weighted by Crippen LogP contribution is 2.03. The number of benzene rings is 1. The first-order valence-electron chi connectivity index (χ1n) is 9.17. The average Bonchev–Trinajstić information content (AvgIpc) is 2.69. The first-order valence-corrected chi connectivity index (χ1v) is 9.58. The predicted octanol–water partition coefficient (Wildman–Crippen LogP) is 1.39. The van der Waals surface area contributed by atoms with Gasteiger partial charge in [0.25, 0.3) is 0 Å². The number of nitrogens with one attached hydrogen (secondary N) is 3. The molecule has 154 valence electrons. The van der Waals surface area contributed by atoms with Crippen molar-refractivity contribution in [1.29, 1.82) is 0 Å². The molecule has 0 saturated heterocycles. The molecule has 0 bridgehead atoms. The third-order valence-corrected chi connectivity index (χ3v) is 3.72. The molecule has 0 aliphatic rings. The van der Waals surface area contributed by atoms with Gasteiger partial charge in [-0.3, -0.25) is 25.2 Å². The number of carbonyl (C=O) groups excluding carboxylic acids is 3. The fourth-order valence-electron chi connectivity index (χ4n) is 2.11. The minimum atomic E-state index is -0.442. The number of hydrogen-bond acceptors (Lipinski definition) is 6. The molecule has 0 aromatic heterocycles. The van der Waals surface area contributed by atoms with Gasteiger partial charge in [-0.25, -0.2) is 0 Å². The summed E-state index contributed by atoms with van der Waals surface area (Å²) < 4.78 is 10.2. The topological polar surface area (TPSA) is 106 Å². The molecule has 2 amide bonds. The van der Waals surface area contributed by atoms with Crippen LogP contribution in [-0.4, -0.2) is 42.7 Å². The monoisotopic (exact) mass is 409 g/mol. The molecule has 0 aliphatic heterocycles. The Labute approximate surface area is 170 Å². The minimum absolute atomic E-state index is 0.0412. The lowest BCUT2D eigenvalue weighted by Gasteiger charge is -2.10. The van der Waals surface area contributed by atoms with Gasteiger partial charge in [-0.2, -0.15) is 0 Å². The van der Waals surface area contributed by atoms with E-state index >= 15 is 0 Å². The zero-order valence-corrected chi connectivity index (χ0v) is 16.8. The molecular weight excluding hydrogens is 382 g/mol. The normalized spacial score (nSPS) is 10.0. The SMILES string of the molecule is CCOCCC(=O)NNC(=S)NC(=O)CCC(=O)OCCCc1ccccc1. The maximum absolute atomic E-state index is 11.7. The van der Waals surface area contributed by atoms with E-state index in [9.17, 15) is 14.4 Å². The van der Waals surface area contributed by atoms with Crippen molar-refractivity contribution in [2.24, 2.45) is 0 Å². The van der Waals surface area contributed by atoms with E-state index in [2.05, 4.69) is 16.2 Å². The molecule has 1 aromatic carbocycles. The van der Waals surface area contributed by atoms with E-state index in [-0.39, 0.29) is 30.3 Å². The van der Waals surface area contributed by atoms with Gasteiger partial charge in [0.15, 0.2) is 5.11 Å². The summed E-state index contributed by atoms with van der Waals surface area (Å²) in [4.78, 5) is 34.9. The summed E-state index contributed by atoms with van der Waals surface area (Å²) >= 11 is 4.89. The van der Waals surface area contributed by atoms with E-state index in [0.717, 1.165) is 12.8 Å². The lowest BCUT2D eigenvalue weighted by Crippen LogP contribution is -2.48. The van der Waals surface area contributed by atoms with Crippen LogP contribution in [0.1, 0.15) is 38.2 Å². The zero-order valence-electron chi connectivity index (χ0n) is 16.0. The maximum atomic E-state index is 11.7. The van der Waals surface area contributed by atoms with E-state index in [1.54, 1.807) is 0 Å². The molecule has 0 atom stereocenters. The Morgan fingerprint density at radius 1 is 0.964 bits per heavy atom. The third-order valence-electron chi connectivity index (χ3n) is 3.52. The van der Waals surface area contributed by atoms with Crippen LogP contribution in [0.25, 0.3) is 0 Å². The molecule has 0 saturated carbocycles. The van der Waals surface area contributed by atoms with Crippen molar-refractivity contribution in [3.63, 3.8) is 0 Å². The second-order valence-corrected chi connectivity index (χ2v) is 6.22. The highest BCUT2D eigenvalue weighted by molar-refractivity contribution is 7.80. The van der Waals surface area contributed by atoms with Crippen molar-refractivity contribution in [3.8, 4) is 0 Å². The highest BCUT2D eigenvalue weighted by atomic mass is 32.1. The van der Waals surface area contributed by atoms with Crippen LogP contribution in [0.4, 0.5) is 0 Å². The van der Waals surface area contributed by atoms with Gasteiger partial charge in [-0.05, 0) is 37.5 Å². The lowest BCUT2D eigenvalue weighted by molar-refractivity contribution is -0.145. The quantitative estimate of drug-likeness (QED) is 0.219. The summed E-state index contributed by atoms with van der Waals surface area (Å²) in [6, 6.07) is 9.92. The maximum Gasteiger partial charge on any atom is 0.306 e. The molecule has 9 heteroatoms. The Kier molecular flexibility index (Phi) is 12.2.